The molecule has 0 aliphatic heterocycles. The van der Waals surface area contributed by atoms with E-state index in [9.17, 15) is 17.2 Å². The third kappa shape index (κ3) is 3.53. The largest absolute Gasteiger partial charge is 0.398 e. The Morgan fingerprint density at radius 3 is 2.29 bits per heavy atom. The van der Waals surface area contributed by atoms with Crippen LogP contribution in [0.5, 0.6) is 0 Å². The van der Waals surface area contributed by atoms with E-state index < -0.39 is 26.6 Å². The van der Waals surface area contributed by atoms with Crippen LogP contribution >= 0.6 is 31.9 Å². The molecule has 0 unspecified atom stereocenters. The molecular weight excluding hydrogens is 434 g/mol. The summed E-state index contributed by atoms with van der Waals surface area (Å²) < 4.78 is 53.9. The van der Waals surface area contributed by atoms with Crippen LogP contribution in [0.1, 0.15) is 0 Å². The molecule has 0 atom stereocenters. The van der Waals surface area contributed by atoms with Gasteiger partial charge in [-0.15, -0.1) is 0 Å². The molecule has 2 aromatic carbocycles. The smallest absolute Gasteiger partial charge is 0.264 e. The van der Waals surface area contributed by atoms with Crippen LogP contribution in [0.15, 0.2) is 44.2 Å². The molecule has 0 aromatic heterocycles. The molecule has 0 heterocycles. The summed E-state index contributed by atoms with van der Waals surface area (Å²) in [5.41, 5.74) is 5.59. The first-order valence-electron chi connectivity index (χ1n) is 5.43. The topological polar surface area (TPSA) is 72.2 Å². The van der Waals surface area contributed by atoms with Gasteiger partial charge in [-0.1, -0.05) is 0 Å². The Hall–Kier alpha value is -1.19. The number of hydrogen-bond acceptors (Lipinski definition) is 3. The molecule has 0 saturated carbocycles. The number of sulfonamides is 1. The minimum absolute atomic E-state index is 0.0309. The normalized spacial score (nSPS) is 11.4. The van der Waals surface area contributed by atoms with Gasteiger partial charge in [0.15, 0.2) is 0 Å². The Morgan fingerprint density at radius 2 is 1.67 bits per heavy atom. The highest BCUT2D eigenvalue weighted by atomic mass is 79.9. The Labute approximate surface area is 136 Å². The monoisotopic (exact) mass is 440 g/mol. The molecule has 112 valence electrons. The van der Waals surface area contributed by atoms with Gasteiger partial charge in [0, 0.05) is 10.2 Å². The van der Waals surface area contributed by atoms with E-state index in [-0.39, 0.29) is 20.3 Å². The standard InChI is InChI=1S/C12H8Br2F2N2O2S/c13-7-2-1-6(3-9(7)15)18-21(19,20)12-5-11(17)8(14)4-10(12)16/h1-5,18H,17H2. The van der Waals surface area contributed by atoms with Crippen molar-refractivity contribution in [2.75, 3.05) is 10.5 Å². The molecule has 4 nitrogen and oxygen atoms in total. The summed E-state index contributed by atoms with van der Waals surface area (Å²) in [4.78, 5) is -0.619. The van der Waals surface area contributed by atoms with Crippen LogP contribution in [0, 0.1) is 11.6 Å². The predicted octanol–water partition coefficient (Wildman–Crippen LogP) is 3.87. The molecule has 0 radical (unpaired) electrons. The molecule has 0 amide bonds. The highest BCUT2D eigenvalue weighted by Crippen LogP contribution is 2.28. The van der Waals surface area contributed by atoms with Gasteiger partial charge < -0.3 is 5.73 Å². The Morgan fingerprint density at radius 1 is 1.00 bits per heavy atom. The molecule has 3 N–H and O–H groups in total. The zero-order chi connectivity index (χ0) is 15.8. The highest BCUT2D eigenvalue weighted by molar-refractivity contribution is 9.10. The van der Waals surface area contributed by atoms with E-state index in [0.29, 0.717) is 0 Å². The lowest BCUT2D eigenvalue weighted by atomic mass is 10.3. The number of rotatable bonds is 3. The fourth-order valence-electron chi connectivity index (χ4n) is 1.52. The predicted molar refractivity (Wildman–Crippen MR) is 83.4 cm³/mol. The van der Waals surface area contributed by atoms with Crippen LogP contribution in [0.25, 0.3) is 0 Å². The molecule has 0 aliphatic carbocycles. The van der Waals surface area contributed by atoms with E-state index >= 15 is 0 Å². The van der Waals surface area contributed by atoms with Crippen molar-refractivity contribution in [2.24, 2.45) is 0 Å². The quantitative estimate of drug-likeness (QED) is 0.710. The van der Waals surface area contributed by atoms with Crippen LogP contribution in [-0.4, -0.2) is 8.42 Å². The van der Waals surface area contributed by atoms with E-state index in [2.05, 4.69) is 36.6 Å². The maximum absolute atomic E-state index is 13.8. The first-order valence-corrected chi connectivity index (χ1v) is 8.50. The van der Waals surface area contributed by atoms with Crippen molar-refractivity contribution >= 4 is 53.3 Å². The maximum Gasteiger partial charge on any atom is 0.264 e. The molecular formula is C12H8Br2F2N2O2S. The molecule has 0 bridgehead atoms. The van der Waals surface area contributed by atoms with Gasteiger partial charge in [0.25, 0.3) is 10.0 Å². The minimum Gasteiger partial charge on any atom is -0.398 e. The zero-order valence-electron chi connectivity index (χ0n) is 10.2. The van der Waals surface area contributed by atoms with Gasteiger partial charge in [-0.25, -0.2) is 17.2 Å². The van der Waals surface area contributed by atoms with Gasteiger partial charge in [0.05, 0.1) is 10.2 Å². The number of benzene rings is 2. The molecule has 0 aliphatic rings. The number of nitrogens with one attached hydrogen (secondary N) is 1. The van der Waals surface area contributed by atoms with Gasteiger partial charge >= 0.3 is 0 Å². The highest BCUT2D eigenvalue weighted by Gasteiger charge is 2.21. The number of nitrogens with two attached hydrogens (primary N) is 1. The Bertz CT molecular complexity index is 813. The fourth-order valence-corrected chi connectivity index (χ4v) is 3.23. The minimum atomic E-state index is -4.22. The third-order valence-electron chi connectivity index (χ3n) is 2.51. The Kier molecular flexibility index (Phi) is 4.54. The third-order valence-corrected chi connectivity index (χ3v) is 5.24. The van der Waals surface area contributed by atoms with Crippen molar-refractivity contribution in [1.29, 1.82) is 0 Å². The summed E-state index contributed by atoms with van der Waals surface area (Å²) in [7, 11) is -4.22. The summed E-state index contributed by atoms with van der Waals surface area (Å²) in [5.74, 6) is -1.62. The summed E-state index contributed by atoms with van der Waals surface area (Å²) in [6.07, 6.45) is 0. The maximum atomic E-state index is 13.8. The molecule has 0 spiro atoms. The second kappa shape index (κ2) is 5.90. The average molecular weight is 442 g/mol. The SMILES string of the molecule is Nc1cc(S(=O)(=O)Nc2ccc(Br)c(F)c2)c(F)cc1Br. The molecule has 2 rings (SSSR count). The van der Waals surface area contributed by atoms with E-state index in [1.54, 1.807) is 0 Å². The van der Waals surface area contributed by atoms with E-state index in [4.69, 9.17) is 5.73 Å². The van der Waals surface area contributed by atoms with E-state index in [1.165, 1.54) is 12.1 Å². The second-order valence-corrected chi connectivity index (χ2v) is 7.40. The average Bonchev–Trinajstić information content (AvgIpc) is 2.37. The molecule has 21 heavy (non-hydrogen) atoms. The lowest BCUT2D eigenvalue weighted by Gasteiger charge is -2.10. The molecule has 0 fully saturated rings. The number of halogens is 4. The Balaban J connectivity index is 2.43. The fraction of sp³-hybridized carbons (Fsp3) is 0. The van der Waals surface area contributed by atoms with Crippen LogP contribution in [0.4, 0.5) is 20.2 Å². The van der Waals surface area contributed by atoms with Gasteiger partial charge in [-0.3, -0.25) is 4.72 Å². The van der Waals surface area contributed by atoms with Gasteiger partial charge in [-0.2, -0.15) is 0 Å². The summed E-state index contributed by atoms with van der Waals surface area (Å²) in [5, 5.41) is 0. The number of hydrogen-bond donors (Lipinski definition) is 2. The summed E-state index contributed by atoms with van der Waals surface area (Å²) in [6.45, 7) is 0. The van der Waals surface area contributed by atoms with Crippen LogP contribution < -0.4 is 10.5 Å². The van der Waals surface area contributed by atoms with Crippen molar-refractivity contribution in [3.63, 3.8) is 0 Å². The number of anilines is 2. The van der Waals surface area contributed by atoms with Gasteiger partial charge in [0.2, 0.25) is 0 Å². The van der Waals surface area contributed by atoms with Crippen molar-refractivity contribution in [3.8, 4) is 0 Å². The van der Waals surface area contributed by atoms with E-state index in [0.717, 1.165) is 18.2 Å². The lowest BCUT2D eigenvalue weighted by Crippen LogP contribution is -2.15. The summed E-state index contributed by atoms with van der Waals surface area (Å²) in [6, 6.07) is 5.58. The first-order chi connectivity index (χ1) is 9.70. The van der Waals surface area contributed by atoms with Crippen molar-refractivity contribution in [2.45, 2.75) is 4.90 Å². The molecule has 9 heteroatoms. The lowest BCUT2D eigenvalue weighted by molar-refractivity contribution is 0.570. The van der Waals surface area contributed by atoms with Crippen molar-refractivity contribution < 1.29 is 17.2 Å². The molecule has 2 aromatic rings. The number of nitrogen functional groups attached to an aromatic ring is 1. The van der Waals surface area contributed by atoms with Crippen LogP contribution in [-0.2, 0) is 10.0 Å². The zero-order valence-corrected chi connectivity index (χ0v) is 14.2. The van der Waals surface area contributed by atoms with Gasteiger partial charge in [0.1, 0.15) is 16.5 Å². The van der Waals surface area contributed by atoms with Crippen molar-refractivity contribution in [3.05, 3.63) is 50.9 Å². The molecule has 0 saturated heterocycles. The second-order valence-electron chi connectivity index (χ2n) is 4.04. The van der Waals surface area contributed by atoms with Crippen molar-refractivity contribution in [1.82, 2.24) is 0 Å². The summed E-state index contributed by atoms with van der Waals surface area (Å²) >= 11 is 5.95. The van der Waals surface area contributed by atoms with Gasteiger partial charge in [-0.05, 0) is 62.2 Å². The van der Waals surface area contributed by atoms with E-state index in [1.807, 2.05) is 0 Å². The first kappa shape index (κ1) is 16.2. The van der Waals surface area contributed by atoms with Crippen LogP contribution in [0.3, 0.4) is 0 Å². The van der Waals surface area contributed by atoms with Crippen LogP contribution in [0.2, 0.25) is 0 Å².